The lowest BCUT2D eigenvalue weighted by Crippen LogP contribution is -2.36. The van der Waals surface area contributed by atoms with E-state index in [9.17, 15) is 0 Å². The Hall–Kier alpha value is -3.29. The second-order valence-corrected chi connectivity index (χ2v) is 10.8. The summed E-state index contributed by atoms with van der Waals surface area (Å²) in [5.41, 5.74) is 4.38. The van der Waals surface area contributed by atoms with Gasteiger partial charge in [0.05, 0.1) is 14.2 Å². The van der Waals surface area contributed by atoms with Crippen LogP contribution in [0.2, 0.25) is 0 Å². The molecule has 0 unspecified atom stereocenters. The van der Waals surface area contributed by atoms with Crippen LogP contribution in [0, 0.1) is 6.92 Å². The van der Waals surface area contributed by atoms with Crippen LogP contribution in [0.15, 0.2) is 91.0 Å². The quantitative estimate of drug-likeness (QED) is 0.363. The third kappa shape index (κ3) is 3.00. The number of aryl methyl sites for hydroxylation is 1. The number of benzene rings is 4. The van der Waals surface area contributed by atoms with E-state index in [-0.39, 0.29) is 5.92 Å². The van der Waals surface area contributed by atoms with Crippen LogP contribution >= 0.6 is 7.14 Å². The summed E-state index contributed by atoms with van der Waals surface area (Å²) in [6.07, 6.45) is 0. The summed E-state index contributed by atoms with van der Waals surface area (Å²) >= 11 is 0. The van der Waals surface area contributed by atoms with Gasteiger partial charge in [0.1, 0.15) is 11.5 Å². The van der Waals surface area contributed by atoms with E-state index in [0.717, 1.165) is 32.8 Å². The van der Waals surface area contributed by atoms with E-state index in [1.165, 1.54) is 11.1 Å². The topological polar surface area (TPSA) is 35.5 Å². The summed E-state index contributed by atoms with van der Waals surface area (Å²) in [5.74, 6) is 1.37. The zero-order valence-corrected chi connectivity index (χ0v) is 19.3. The lowest BCUT2D eigenvalue weighted by molar-refractivity contribution is 0.409. The van der Waals surface area contributed by atoms with Crippen LogP contribution in [0.25, 0.3) is 0 Å². The molecule has 160 valence electrons. The van der Waals surface area contributed by atoms with E-state index in [2.05, 4.69) is 37.3 Å². The van der Waals surface area contributed by atoms with Gasteiger partial charge < -0.3 is 14.0 Å². The first kappa shape index (κ1) is 20.6. The average molecular weight is 440 g/mol. The summed E-state index contributed by atoms with van der Waals surface area (Å²) in [7, 11) is 0.170. The molecule has 5 rings (SSSR count). The fourth-order valence-corrected chi connectivity index (χ4v) is 8.04. The zero-order chi connectivity index (χ0) is 22.3. The van der Waals surface area contributed by atoms with Gasteiger partial charge in [-0.25, -0.2) is 0 Å². The molecule has 0 saturated carbocycles. The zero-order valence-electron chi connectivity index (χ0n) is 18.4. The molecular formula is C28H25O3P. The maximum Gasteiger partial charge on any atom is 0.171 e. The second kappa shape index (κ2) is 8.00. The molecule has 0 N–H and O–H groups in total. The van der Waals surface area contributed by atoms with Gasteiger partial charge in [0.25, 0.3) is 0 Å². The number of methoxy groups -OCH3 is 2. The molecule has 2 atom stereocenters. The Labute approximate surface area is 189 Å². The molecule has 0 amide bonds. The molecule has 4 heteroatoms. The van der Waals surface area contributed by atoms with Crippen molar-refractivity contribution in [3.63, 3.8) is 0 Å². The first-order valence-corrected chi connectivity index (χ1v) is 12.4. The van der Waals surface area contributed by atoms with Gasteiger partial charge in [0.2, 0.25) is 0 Å². The van der Waals surface area contributed by atoms with Gasteiger partial charge in [-0.15, -0.1) is 0 Å². The number of rotatable bonds is 4. The molecule has 1 aliphatic rings. The Balaban J connectivity index is 1.94. The summed E-state index contributed by atoms with van der Waals surface area (Å²) in [5, 5.41) is 2.47. The van der Waals surface area contributed by atoms with Crippen molar-refractivity contribution in [2.75, 3.05) is 14.2 Å². The van der Waals surface area contributed by atoms with Crippen molar-refractivity contribution in [1.82, 2.24) is 0 Å². The molecule has 0 aromatic heterocycles. The van der Waals surface area contributed by atoms with Gasteiger partial charge in [-0.1, -0.05) is 72.8 Å². The monoisotopic (exact) mass is 440 g/mol. The van der Waals surface area contributed by atoms with E-state index in [1.54, 1.807) is 14.2 Å². The molecular weight excluding hydrogens is 415 g/mol. The Morgan fingerprint density at radius 2 is 1.47 bits per heavy atom. The first-order chi connectivity index (χ1) is 15.6. The van der Waals surface area contributed by atoms with E-state index < -0.39 is 7.14 Å². The maximum atomic E-state index is 15.2. The van der Waals surface area contributed by atoms with Crippen molar-refractivity contribution in [1.29, 1.82) is 0 Å². The summed E-state index contributed by atoms with van der Waals surface area (Å²) in [6, 6.07) is 30.0. The van der Waals surface area contributed by atoms with Crippen molar-refractivity contribution in [3.8, 4) is 11.5 Å². The normalized spacial score (nSPS) is 19.0. The Kier molecular flexibility index (Phi) is 5.15. The fourth-order valence-electron chi connectivity index (χ4n) is 4.88. The highest BCUT2D eigenvalue weighted by Crippen LogP contribution is 2.54. The molecule has 0 bridgehead atoms. The van der Waals surface area contributed by atoms with Gasteiger partial charge >= 0.3 is 0 Å². The van der Waals surface area contributed by atoms with Crippen LogP contribution in [-0.4, -0.2) is 14.2 Å². The minimum absolute atomic E-state index is 0.0888. The minimum Gasteiger partial charge on any atom is -0.497 e. The highest BCUT2D eigenvalue weighted by molar-refractivity contribution is 7.85. The smallest absolute Gasteiger partial charge is 0.171 e. The van der Waals surface area contributed by atoms with Gasteiger partial charge in [0, 0.05) is 27.4 Å². The fraction of sp³-hybridized carbons (Fsp3) is 0.143. The molecule has 0 fully saturated rings. The Morgan fingerprint density at radius 1 is 0.719 bits per heavy atom. The minimum atomic E-state index is -3.16. The molecule has 32 heavy (non-hydrogen) atoms. The molecule has 0 saturated heterocycles. The number of ether oxygens (including phenoxy) is 2. The standard InChI is InChI=1S/C28H25O3P/c1-19-10-7-8-13-22(19)27-23-17-16-20(30-2)18-26(23)32(29,21-11-5-4-6-12-21)25-15-9-14-24(31-3)28(25)27/h4-18,27H,1-3H3/t27-,32+/m0/s1. The van der Waals surface area contributed by atoms with Crippen molar-refractivity contribution in [2.45, 2.75) is 12.8 Å². The average Bonchev–Trinajstić information content (AvgIpc) is 2.85. The van der Waals surface area contributed by atoms with Gasteiger partial charge in [0.15, 0.2) is 7.14 Å². The summed E-state index contributed by atoms with van der Waals surface area (Å²) in [6.45, 7) is 2.12. The lowest BCUT2D eigenvalue weighted by Gasteiger charge is -2.36. The molecule has 0 aliphatic carbocycles. The second-order valence-electron chi connectivity index (χ2n) is 8.05. The molecule has 3 nitrogen and oxygen atoms in total. The predicted molar refractivity (Wildman–Crippen MR) is 131 cm³/mol. The SMILES string of the molecule is COc1ccc2c(c1)[P@@](=O)(c1ccccc1)c1cccc(OC)c1[C@H]2c1ccccc1C. The van der Waals surface area contributed by atoms with Crippen LogP contribution in [0.3, 0.4) is 0 Å². The van der Waals surface area contributed by atoms with Crippen molar-refractivity contribution in [3.05, 3.63) is 113 Å². The van der Waals surface area contributed by atoms with Crippen LogP contribution in [0.1, 0.15) is 28.2 Å². The van der Waals surface area contributed by atoms with Crippen LogP contribution in [-0.2, 0) is 4.57 Å². The van der Waals surface area contributed by atoms with E-state index >= 15 is 4.57 Å². The third-order valence-electron chi connectivity index (χ3n) is 6.40. The lowest BCUT2D eigenvalue weighted by atomic mass is 9.82. The molecule has 0 spiro atoms. The number of fused-ring (bicyclic) bond motifs is 2. The van der Waals surface area contributed by atoms with Crippen molar-refractivity contribution < 1.29 is 14.0 Å². The van der Waals surface area contributed by atoms with Crippen molar-refractivity contribution in [2.24, 2.45) is 0 Å². The number of hydrogen-bond donors (Lipinski definition) is 0. The predicted octanol–water partition coefficient (Wildman–Crippen LogP) is 5.15. The molecule has 1 heterocycles. The highest BCUT2D eigenvalue weighted by atomic mass is 31.2. The number of hydrogen-bond acceptors (Lipinski definition) is 3. The van der Waals surface area contributed by atoms with E-state index in [0.29, 0.717) is 5.75 Å². The summed E-state index contributed by atoms with van der Waals surface area (Å²) in [4.78, 5) is 0. The van der Waals surface area contributed by atoms with Gasteiger partial charge in [-0.05, 0) is 41.8 Å². The van der Waals surface area contributed by atoms with Gasteiger partial charge in [-0.3, -0.25) is 0 Å². The molecule has 1 aliphatic heterocycles. The van der Waals surface area contributed by atoms with Crippen molar-refractivity contribution >= 4 is 23.1 Å². The highest BCUT2D eigenvalue weighted by Gasteiger charge is 2.43. The summed E-state index contributed by atoms with van der Waals surface area (Å²) < 4.78 is 26.6. The first-order valence-electron chi connectivity index (χ1n) is 10.7. The van der Waals surface area contributed by atoms with Crippen LogP contribution < -0.4 is 25.4 Å². The third-order valence-corrected chi connectivity index (χ3v) is 9.56. The van der Waals surface area contributed by atoms with Crippen LogP contribution in [0.5, 0.6) is 11.5 Å². The Morgan fingerprint density at radius 3 is 2.19 bits per heavy atom. The molecule has 4 aromatic rings. The van der Waals surface area contributed by atoms with Crippen LogP contribution in [0.4, 0.5) is 0 Å². The molecule has 0 radical (unpaired) electrons. The Bertz CT molecular complexity index is 1340. The van der Waals surface area contributed by atoms with E-state index in [4.69, 9.17) is 9.47 Å². The largest absolute Gasteiger partial charge is 0.497 e. The van der Waals surface area contributed by atoms with Gasteiger partial charge in [-0.2, -0.15) is 0 Å². The molecule has 4 aromatic carbocycles. The van der Waals surface area contributed by atoms with E-state index in [1.807, 2.05) is 60.7 Å². The maximum absolute atomic E-state index is 15.2.